The molecule has 240 valence electrons. The Labute approximate surface area is 265 Å². The maximum absolute atomic E-state index is 14.6. The summed E-state index contributed by atoms with van der Waals surface area (Å²) in [4.78, 5) is 48.4. The lowest BCUT2D eigenvalue weighted by Crippen LogP contribution is -2.58. The van der Waals surface area contributed by atoms with Gasteiger partial charge in [-0.25, -0.2) is 14.6 Å². The Morgan fingerprint density at radius 1 is 0.956 bits per heavy atom. The SMILES string of the molecule is CCNC(=O)O[C@H]1CCCC[C@@H]1n1cnc(C(=O)N2CCN(C(=O)OC(C)(C)C)C[C@H]2Cc2ccccc2)c1-c1ccccc1. The van der Waals surface area contributed by atoms with Gasteiger partial charge in [-0.2, -0.15) is 0 Å². The largest absolute Gasteiger partial charge is 0.444 e. The van der Waals surface area contributed by atoms with Crippen molar-refractivity contribution >= 4 is 18.1 Å². The van der Waals surface area contributed by atoms with Crippen molar-refractivity contribution in [3.8, 4) is 11.3 Å². The first kappa shape index (κ1) is 32.1. The van der Waals surface area contributed by atoms with Gasteiger partial charge >= 0.3 is 12.2 Å². The molecule has 45 heavy (non-hydrogen) atoms. The molecular formula is C35H45N5O5. The van der Waals surface area contributed by atoms with E-state index in [1.54, 1.807) is 11.2 Å². The second-order valence-electron chi connectivity index (χ2n) is 12.8. The van der Waals surface area contributed by atoms with Gasteiger partial charge < -0.3 is 29.2 Å². The molecule has 1 aliphatic carbocycles. The van der Waals surface area contributed by atoms with Crippen molar-refractivity contribution in [2.45, 2.75) is 83.6 Å². The highest BCUT2D eigenvalue weighted by atomic mass is 16.6. The molecule has 0 unspecified atom stereocenters. The Balaban J connectivity index is 1.49. The average molecular weight is 616 g/mol. The quantitative estimate of drug-likeness (QED) is 0.345. The van der Waals surface area contributed by atoms with E-state index >= 15 is 0 Å². The van der Waals surface area contributed by atoms with Gasteiger partial charge in [0.2, 0.25) is 0 Å². The topological polar surface area (TPSA) is 106 Å². The molecule has 1 aromatic heterocycles. The van der Waals surface area contributed by atoms with Gasteiger partial charge in [-0.05, 0) is 58.9 Å². The van der Waals surface area contributed by atoms with Gasteiger partial charge in [-0.3, -0.25) is 4.79 Å². The molecule has 2 heterocycles. The average Bonchev–Trinajstić information content (AvgIpc) is 3.46. The highest BCUT2D eigenvalue weighted by molar-refractivity contribution is 5.98. The van der Waals surface area contributed by atoms with Gasteiger partial charge in [0.1, 0.15) is 11.7 Å². The summed E-state index contributed by atoms with van der Waals surface area (Å²) < 4.78 is 13.6. The summed E-state index contributed by atoms with van der Waals surface area (Å²) in [7, 11) is 0. The van der Waals surface area contributed by atoms with Crippen LogP contribution in [0.1, 0.15) is 75.5 Å². The molecule has 3 amide bonds. The minimum Gasteiger partial charge on any atom is -0.444 e. The van der Waals surface area contributed by atoms with Gasteiger partial charge in [-0.15, -0.1) is 0 Å². The molecule has 1 N–H and O–H groups in total. The van der Waals surface area contributed by atoms with Crippen LogP contribution in [0.5, 0.6) is 0 Å². The first-order chi connectivity index (χ1) is 21.6. The normalized spacial score (nSPS) is 20.4. The summed E-state index contributed by atoms with van der Waals surface area (Å²) in [5.74, 6) is -0.186. The molecule has 0 bridgehead atoms. The highest BCUT2D eigenvalue weighted by Gasteiger charge is 2.38. The summed E-state index contributed by atoms with van der Waals surface area (Å²) >= 11 is 0. The van der Waals surface area contributed by atoms with Crippen LogP contribution in [-0.4, -0.2) is 81.4 Å². The molecule has 10 heteroatoms. The van der Waals surface area contributed by atoms with Crippen LogP contribution in [0.25, 0.3) is 11.3 Å². The second kappa shape index (κ2) is 14.2. The van der Waals surface area contributed by atoms with Crippen LogP contribution in [0.2, 0.25) is 0 Å². The summed E-state index contributed by atoms with van der Waals surface area (Å²) in [5, 5.41) is 2.74. The number of aromatic nitrogens is 2. The van der Waals surface area contributed by atoms with E-state index in [1.807, 2.05) is 97.8 Å². The number of alkyl carbamates (subject to hydrolysis) is 1. The van der Waals surface area contributed by atoms with Crippen molar-refractivity contribution in [2.75, 3.05) is 26.2 Å². The predicted octanol–water partition coefficient (Wildman–Crippen LogP) is 6.08. The molecule has 2 aromatic carbocycles. The van der Waals surface area contributed by atoms with Crippen molar-refractivity contribution in [3.63, 3.8) is 0 Å². The summed E-state index contributed by atoms with van der Waals surface area (Å²) in [6, 6.07) is 19.4. The number of amides is 3. The summed E-state index contributed by atoms with van der Waals surface area (Å²) in [6.07, 6.45) is 4.65. The van der Waals surface area contributed by atoms with Crippen molar-refractivity contribution in [3.05, 3.63) is 78.2 Å². The molecule has 2 aliphatic rings. The van der Waals surface area contributed by atoms with E-state index in [1.165, 1.54) is 0 Å². The number of nitrogens with zero attached hydrogens (tertiary/aromatic N) is 4. The third-order valence-electron chi connectivity index (χ3n) is 8.36. The number of rotatable bonds is 7. The number of ether oxygens (including phenoxy) is 2. The van der Waals surface area contributed by atoms with Crippen LogP contribution < -0.4 is 5.32 Å². The number of carbonyl (C=O) groups excluding carboxylic acids is 3. The number of piperazine rings is 1. The number of nitrogens with one attached hydrogen (secondary N) is 1. The van der Waals surface area contributed by atoms with Crippen LogP contribution in [0.15, 0.2) is 67.0 Å². The molecular weight excluding hydrogens is 570 g/mol. The van der Waals surface area contributed by atoms with Crippen LogP contribution in [0, 0.1) is 0 Å². The second-order valence-corrected chi connectivity index (χ2v) is 12.8. The number of carbonyl (C=O) groups is 3. The van der Waals surface area contributed by atoms with E-state index in [0.29, 0.717) is 44.0 Å². The zero-order valence-electron chi connectivity index (χ0n) is 26.8. The zero-order chi connectivity index (χ0) is 32.0. The summed E-state index contributed by atoms with van der Waals surface area (Å²) in [5.41, 5.74) is 2.40. The van der Waals surface area contributed by atoms with Crippen molar-refractivity contribution in [1.29, 1.82) is 0 Å². The van der Waals surface area contributed by atoms with Crippen molar-refractivity contribution in [2.24, 2.45) is 0 Å². The molecule has 10 nitrogen and oxygen atoms in total. The fraction of sp³-hybridized carbons (Fsp3) is 0.486. The number of imidazole rings is 1. The van der Waals surface area contributed by atoms with Crippen LogP contribution in [0.4, 0.5) is 9.59 Å². The molecule has 3 aromatic rings. The first-order valence-electron chi connectivity index (χ1n) is 16.0. The Hall–Kier alpha value is -4.34. The van der Waals surface area contributed by atoms with Gasteiger partial charge in [0.25, 0.3) is 5.91 Å². The minimum atomic E-state index is -0.617. The van der Waals surface area contributed by atoms with E-state index in [0.717, 1.165) is 36.8 Å². The summed E-state index contributed by atoms with van der Waals surface area (Å²) in [6.45, 7) is 8.96. The standard InChI is InChI=1S/C35H45N5O5/c1-5-36-33(42)44-29-19-13-12-18-28(29)40-24-37-30(31(40)26-16-10-7-11-17-26)32(41)39-21-20-38(34(43)45-35(2,3)4)23-27(39)22-25-14-8-6-9-15-25/h6-11,14-17,24,27-29H,5,12-13,18-23H2,1-4H3,(H,36,42)/t27-,28+,29+/m1/s1. The maximum Gasteiger partial charge on any atom is 0.410 e. The molecule has 0 radical (unpaired) electrons. The van der Waals surface area contributed by atoms with Gasteiger partial charge in [0.05, 0.1) is 24.1 Å². The van der Waals surface area contributed by atoms with E-state index in [-0.39, 0.29) is 30.2 Å². The number of benzene rings is 2. The lowest BCUT2D eigenvalue weighted by atomic mass is 9.91. The van der Waals surface area contributed by atoms with E-state index in [4.69, 9.17) is 14.5 Å². The lowest BCUT2D eigenvalue weighted by molar-refractivity contribution is 0.00429. The first-order valence-corrected chi connectivity index (χ1v) is 16.0. The third kappa shape index (κ3) is 7.85. The molecule has 2 fully saturated rings. The molecule has 1 saturated carbocycles. The van der Waals surface area contributed by atoms with Crippen LogP contribution in [0.3, 0.4) is 0 Å². The Kier molecular flexibility index (Phi) is 10.1. The maximum atomic E-state index is 14.6. The molecule has 1 aliphatic heterocycles. The van der Waals surface area contributed by atoms with Gasteiger partial charge in [0.15, 0.2) is 5.69 Å². The predicted molar refractivity (Wildman–Crippen MR) is 172 cm³/mol. The fourth-order valence-corrected chi connectivity index (χ4v) is 6.32. The zero-order valence-corrected chi connectivity index (χ0v) is 26.8. The van der Waals surface area contributed by atoms with E-state index in [2.05, 4.69) is 5.32 Å². The molecule has 3 atom stereocenters. The van der Waals surface area contributed by atoms with E-state index in [9.17, 15) is 14.4 Å². The third-order valence-corrected chi connectivity index (χ3v) is 8.36. The minimum absolute atomic E-state index is 0.158. The Bertz CT molecular complexity index is 1450. The van der Waals surface area contributed by atoms with Crippen molar-refractivity contribution in [1.82, 2.24) is 24.7 Å². The number of hydrogen-bond acceptors (Lipinski definition) is 6. The van der Waals surface area contributed by atoms with Crippen molar-refractivity contribution < 1.29 is 23.9 Å². The van der Waals surface area contributed by atoms with Crippen LogP contribution >= 0.6 is 0 Å². The molecule has 0 spiro atoms. The van der Waals surface area contributed by atoms with Gasteiger partial charge in [-0.1, -0.05) is 67.1 Å². The Morgan fingerprint density at radius 2 is 1.64 bits per heavy atom. The smallest absolute Gasteiger partial charge is 0.410 e. The van der Waals surface area contributed by atoms with Gasteiger partial charge in [0, 0.05) is 31.7 Å². The van der Waals surface area contributed by atoms with E-state index < -0.39 is 11.7 Å². The highest BCUT2D eigenvalue weighted by Crippen LogP contribution is 2.36. The fourth-order valence-electron chi connectivity index (χ4n) is 6.32. The number of hydrogen-bond donors (Lipinski definition) is 1. The Morgan fingerprint density at radius 3 is 2.33 bits per heavy atom. The molecule has 1 saturated heterocycles. The lowest BCUT2D eigenvalue weighted by Gasteiger charge is -2.41. The van der Waals surface area contributed by atoms with Crippen LogP contribution in [-0.2, 0) is 15.9 Å². The monoisotopic (exact) mass is 615 g/mol. The molecule has 5 rings (SSSR count).